The van der Waals surface area contributed by atoms with Gasteiger partial charge in [0.2, 0.25) is 5.91 Å². The Labute approximate surface area is 105 Å². The van der Waals surface area contributed by atoms with Gasteiger partial charge < -0.3 is 15.3 Å². The third kappa shape index (κ3) is 8.16. The molecule has 17 heavy (non-hydrogen) atoms. The predicted octanol–water partition coefficient (Wildman–Crippen LogP) is 1.24. The summed E-state index contributed by atoms with van der Waals surface area (Å²) in [6.07, 6.45) is 3.09. The van der Waals surface area contributed by atoms with Crippen LogP contribution in [0.1, 0.15) is 40.0 Å². The summed E-state index contributed by atoms with van der Waals surface area (Å²) >= 11 is 0. The first-order chi connectivity index (χ1) is 7.78. The second-order valence-electron chi connectivity index (χ2n) is 5.50. The van der Waals surface area contributed by atoms with Crippen LogP contribution >= 0.6 is 0 Å². The minimum Gasteiger partial charge on any atom is -0.387 e. The fraction of sp³-hybridized carbons (Fsp3) is 0.923. The molecular formula is C13H28N2O2. The lowest BCUT2D eigenvalue weighted by atomic mass is 10.0. The van der Waals surface area contributed by atoms with Gasteiger partial charge in [-0.25, -0.2) is 0 Å². The minimum absolute atomic E-state index is 0.0325. The molecule has 0 aromatic carbocycles. The molecule has 0 aliphatic rings. The second kappa shape index (κ2) is 7.67. The third-order valence-electron chi connectivity index (χ3n) is 2.74. The molecule has 4 heteroatoms. The summed E-state index contributed by atoms with van der Waals surface area (Å²) in [5.74, 6) is 0.0718. The summed E-state index contributed by atoms with van der Waals surface area (Å²) < 4.78 is 0. The van der Waals surface area contributed by atoms with Gasteiger partial charge in [-0.15, -0.1) is 0 Å². The number of nitrogens with zero attached hydrogens (tertiary/aromatic N) is 1. The Kier molecular flexibility index (Phi) is 7.39. The van der Waals surface area contributed by atoms with Crippen molar-refractivity contribution in [2.75, 3.05) is 27.2 Å². The Morgan fingerprint density at radius 1 is 1.47 bits per heavy atom. The number of nitrogens with one attached hydrogen (secondary N) is 1. The molecule has 102 valence electrons. The molecule has 0 fully saturated rings. The van der Waals surface area contributed by atoms with Crippen LogP contribution in [0.4, 0.5) is 0 Å². The summed E-state index contributed by atoms with van der Waals surface area (Å²) in [4.78, 5) is 13.7. The monoisotopic (exact) mass is 244 g/mol. The number of carbonyl (C=O) groups is 1. The minimum atomic E-state index is -0.871. The first-order valence-electron chi connectivity index (χ1n) is 6.43. The highest BCUT2D eigenvalue weighted by atomic mass is 16.3. The Morgan fingerprint density at radius 3 is 2.53 bits per heavy atom. The number of hydrogen-bond donors (Lipinski definition) is 2. The molecule has 1 amide bonds. The Balaban J connectivity index is 3.97. The van der Waals surface area contributed by atoms with Crippen molar-refractivity contribution in [1.82, 2.24) is 10.2 Å². The van der Waals surface area contributed by atoms with Gasteiger partial charge in [-0.3, -0.25) is 4.79 Å². The van der Waals surface area contributed by atoms with Crippen LogP contribution in [0.3, 0.4) is 0 Å². The molecule has 0 saturated heterocycles. The van der Waals surface area contributed by atoms with Crippen molar-refractivity contribution in [3.8, 4) is 0 Å². The van der Waals surface area contributed by atoms with E-state index in [4.69, 9.17) is 0 Å². The molecule has 0 heterocycles. The van der Waals surface area contributed by atoms with Crippen molar-refractivity contribution >= 4 is 5.91 Å². The molecule has 2 N–H and O–H groups in total. The Bertz CT molecular complexity index is 227. The van der Waals surface area contributed by atoms with Gasteiger partial charge in [0.1, 0.15) is 0 Å². The number of aliphatic hydroxyl groups is 1. The van der Waals surface area contributed by atoms with Gasteiger partial charge in [-0.1, -0.05) is 26.7 Å². The zero-order valence-corrected chi connectivity index (χ0v) is 11.9. The molecule has 2 atom stereocenters. The number of hydrogen-bond acceptors (Lipinski definition) is 3. The first kappa shape index (κ1) is 16.4. The Morgan fingerprint density at radius 2 is 2.06 bits per heavy atom. The van der Waals surface area contributed by atoms with E-state index in [-0.39, 0.29) is 11.8 Å². The summed E-state index contributed by atoms with van der Waals surface area (Å²) in [6, 6.07) is 0. The van der Waals surface area contributed by atoms with Gasteiger partial charge in [-0.2, -0.15) is 0 Å². The van der Waals surface area contributed by atoms with E-state index in [0.29, 0.717) is 13.1 Å². The van der Waals surface area contributed by atoms with Crippen LogP contribution in [0.5, 0.6) is 0 Å². The number of rotatable bonds is 8. The van der Waals surface area contributed by atoms with Crippen LogP contribution < -0.4 is 5.32 Å². The molecule has 0 aliphatic heterocycles. The lowest BCUT2D eigenvalue weighted by molar-refractivity contribution is -0.126. The zero-order chi connectivity index (χ0) is 13.5. The average molecular weight is 244 g/mol. The third-order valence-corrected chi connectivity index (χ3v) is 2.74. The van der Waals surface area contributed by atoms with Gasteiger partial charge in [0.05, 0.1) is 5.60 Å². The smallest absolute Gasteiger partial charge is 0.222 e. The number of likely N-dealkylation sites (N-methyl/N-ethyl adjacent to an activating group) is 1. The van der Waals surface area contributed by atoms with Gasteiger partial charge >= 0.3 is 0 Å². The quantitative estimate of drug-likeness (QED) is 0.675. The van der Waals surface area contributed by atoms with Crippen LogP contribution in [0, 0.1) is 5.92 Å². The number of unbranched alkanes of at least 4 members (excludes halogenated alkanes) is 1. The first-order valence-corrected chi connectivity index (χ1v) is 6.43. The maximum Gasteiger partial charge on any atom is 0.222 e. The van der Waals surface area contributed by atoms with E-state index in [2.05, 4.69) is 12.2 Å². The van der Waals surface area contributed by atoms with Crippen molar-refractivity contribution in [2.24, 2.45) is 5.92 Å². The van der Waals surface area contributed by atoms with E-state index in [1.165, 1.54) is 0 Å². The summed E-state index contributed by atoms with van der Waals surface area (Å²) in [7, 11) is 3.81. The van der Waals surface area contributed by atoms with E-state index >= 15 is 0 Å². The van der Waals surface area contributed by atoms with Crippen LogP contribution in [-0.4, -0.2) is 48.7 Å². The van der Waals surface area contributed by atoms with Crippen LogP contribution in [0.15, 0.2) is 0 Å². The van der Waals surface area contributed by atoms with Crippen LogP contribution in [-0.2, 0) is 4.79 Å². The molecular weight excluding hydrogens is 216 g/mol. The summed E-state index contributed by atoms with van der Waals surface area (Å²) in [6.45, 7) is 6.64. The lowest BCUT2D eigenvalue weighted by Crippen LogP contribution is -2.48. The molecule has 0 aromatic heterocycles. The zero-order valence-electron chi connectivity index (χ0n) is 11.9. The molecule has 0 rings (SSSR count). The molecule has 2 unspecified atom stereocenters. The Hall–Kier alpha value is -0.610. The maximum absolute atomic E-state index is 11.7. The number of amides is 1. The fourth-order valence-corrected chi connectivity index (χ4v) is 1.83. The van der Waals surface area contributed by atoms with E-state index in [9.17, 15) is 9.90 Å². The largest absolute Gasteiger partial charge is 0.387 e. The van der Waals surface area contributed by atoms with E-state index in [0.717, 1.165) is 19.3 Å². The standard InChI is InChI=1S/C13H28N2O2/c1-6-7-8-11(2)12(16)14-9-13(3,17)10-15(4)5/h11,17H,6-10H2,1-5H3,(H,14,16). The molecule has 0 aliphatic carbocycles. The van der Waals surface area contributed by atoms with Gasteiger partial charge in [-0.05, 0) is 27.4 Å². The topological polar surface area (TPSA) is 52.6 Å². The van der Waals surface area contributed by atoms with E-state index in [1.807, 2.05) is 25.9 Å². The SMILES string of the molecule is CCCCC(C)C(=O)NCC(C)(O)CN(C)C. The van der Waals surface area contributed by atoms with E-state index in [1.54, 1.807) is 6.92 Å². The molecule has 4 nitrogen and oxygen atoms in total. The average Bonchev–Trinajstić information content (AvgIpc) is 2.20. The molecule has 0 radical (unpaired) electrons. The van der Waals surface area contributed by atoms with Crippen molar-refractivity contribution in [2.45, 2.75) is 45.6 Å². The number of carbonyl (C=O) groups excluding carboxylic acids is 1. The van der Waals surface area contributed by atoms with Crippen molar-refractivity contribution in [3.63, 3.8) is 0 Å². The van der Waals surface area contributed by atoms with Crippen molar-refractivity contribution < 1.29 is 9.90 Å². The predicted molar refractivity (Wildman–Crippen MR) is 70.9 cm³/mol. The highest BCUT2D eigenvalue weighted by Gasteiger charge is 2.23. The van der Waals surface area contributed by atoms with Gasteiger partial charge in [0.25, 0.3) is 0 Å². The highest BCUT2D eigenvalue weighted by Crippen LogP contribution is 2.08. The summed E-state index contributed by atoms with van der Waals surface area (Å²) in [5, 5.41) is 12.9. The van der Waals surface area contributed by atoms with Crippen molar-refractivity contribution in [3.05, 3.63) is 0 Å². The highest BCUT2D eigenvalue weighted by molar-refractivity contribution is 5.78. The second-order valence-corrected chi connectivity index (χ2v) is 5.50. The molecule has 0 bridgehead atoms. The maximum atomic E-state index is 11.7. The fourth-order valence-electron chi connectivity index (χ4n) is 1.83. The van der Waals surface area contributed by atoms with Crippen molar-refractivity contribution in [1.29, 1.82) is 0 Å². The summed E-state index contributed by atoms with van der Waals surface area (Å²) in [5.41, 5.74) is -0.871. The normalized spacial score (nSPS) is 16.6. The molecule has 0 saturated carbocycles. The van der Waals surface area contributed by atoms with Crippen LogP contribution in [0.25, 0.3) is 0 Å². The van der Waals surface area contributed by atoms with Gasteiger partial charge in [0.15, 0.2) is 0 Å². The molecule has 0 spiro atoms. The van der Waals surface area contributed by atoms with Crippen LogP contribution in [0.2, 0.25) is 0 Å². The van der Waals surface area contributed by atoms with E-state index < -0.39 is 5.60 Å². The molecule has 0 aromatic rings. The van der Waals surface area contributed by atoms with Gasteiger partial charge in [0, 0.05) is 19.0 Å². The lowest BCUT2D eigenvalue weighted by Gasteiger charge is -2.27.